The van der Waals surface area contributed by atoms with Gasteiger partial charge in [-0.3, -0.25) is 14.8 Å². The van der Waals surface area contributed by atoms with Crippen LogP contribution >= 0.6 is 15.9 Å². The van der Waals surface area contributed by atoms with Crippen molar-refractivity contribution < 1.29 is 14.8 Å². The second-order valence-corrected chi connectivity index (χ2v) is 9.10. The zero-order chi connectivity index (χ0) is 19.6. The molecule has 0 aliphatic heterocycles. The lowest BCUT2D eigenvalue weighted by molar-refractivity contribution is -0.129. The van der Waals surface area contributed by atoms with Crippen molar-refractivity contribution in [2.24, 2.45) is 5.41 Å². The Morgan fingerprint density at radius 2 is 1.96 bits per heavy atom. The molecule has 146 valence electrons. The summed E-state index contributed by atoms with van der Waals surface area (Å²) in [5.74, 6) is -0.0803. The summed E-state index contributed by atoms with van der Waals surface area (Å²) in [6.45, 7) is 5.19. The molecular formula is C21H27BrN2O3. The van der Waals surface area contributed by atoms with E-state index in [4.69, 9.17) is 5.21 Å². The molecule has 1 aromatic carbocycles. The van der Waals surface area contributed by atoms with Gasteiger partial charge in [0, 0.05) is 40.5 Å². The number of Topliss-reactive ketones (excluding diaryl/α,β-unsaturated/α-hetero) is 1. The van der Waals surface area contributed by atoms with Gasteiger partial charge in [-0.2, -0.15) is 0 Å². The van der Waals surface area contributed by atoms with Gasteiger partial charge in [0.2, 0.25) is 5.91 Å². The van der Waals surface area contributed by atoms with E-state index in [-0.39, 0.29) is 17.1 Å². The maximum Gasteiger partial charge on any atom is 0.243 e. The average Bonchev–Trinajstić information content (AvgIpc) is 2.91. The monoisotopic (exact) mass is 434 g/mol. The Bertz CT molecular complexity index is 870. The molecule has 0 saturated heterocycles. The number of hydrogen-bond donors (Lipinski definition) is 2. The van der Waals surface area contributed by atoms with Gasteiger partial charge < -0.3 is 4.57 Å². The van der Waals surface area contributed by atoms with Crippen LogP contribution < -0.4 is 5.48 Å². The number of unbranched alkanes of at least 4 members (excludes halogenated alkanes) is 3. The number of para-hydroxylation sites is 1. The highest BCUT2D eigenvalue weighted by Gasteiger charge is 2.35. The summed E-state index contributed by atoms with van der Waals surface area (Å²) in [5, 5.41) is 9.59. The second kappa shape index (κ2) is 8.15. The zero-order valence-electron chi connectivity index (χ0n) is 16.0. The molecule has 5 nitrogen and oxygen atoms in total. The van der Waals surface area contributed by atoms with E-state index in [0.29, 0.717) is 12.8 Å². The number of hydrogen-bond acceptors (Lipinski definition) is 3. The van der Waals surface area contributed by atoms with Crippen LogP contribution in [0.5, 0.6) is 0 Å². The van der Waals surface area contributed by atoms with Crippen LogP contribution in [0.25, 0.3) is 10.9 Å². The highest BCUT2D eigenvalue weighted by molar-refractivity contribution is 9.10. The van der Waals surface area contributed by atoms with E-state index in [1.807, 2.05) is 12.1 Å². The van der Waals surface area contributed by atoms with Crippen LogP contribution in [-0.2, 0) is 17.8 Å². The number of rotatable bonds is 7. The first kappa shape index (κ1) is 20.1. The summed E-state index contributed by atoms with van der Waals surface area (Å²) < 4.78 is 3.35. The normalized spacial score (nSPS) is 15.8. The van der Waals surface area contributed by atoms with Gasteiger partial charge >= 0.3 is 0 Å². The molecule has 0 bridgehead atoms. The molecule has 3 rings (SSSR count). The molecule has 0 unspecified atom stereocenters. The molecule has 6 heteroatoms. The fraction of sp³-hybridized carbons (Fsp3) is 0.524. The third kappa shape index (κ3) is 4.27. The number of carbonyl (C=O) groups excluding carboxylic acids is 2. The number of nitrogens with zero attached hydrogens (tertiary/aromatic N) is 1. The summed E-state index contributed by atoms with van der Waals surface area (Å²) in [6.07, 6.45) is 5.57. The van der Waals surface area contributed by atoms with Gasteiger partial charge in [-0.05, 0) is 46.7 Å². The lowest BCUT2D eigenvalue weighted by atomic mass is 9.75. The van der Waals surface area contributed by atoms with Crippen LogP contribution in [0.15, 0.2) is 22.7 Å². The minimum absolute atomic E-state index is 0.0135. The molecule has 1 aliphatic carbocycles. The number of nitrogens with one attached hydrogen (secondary N) is 1. The lowest BCUT2D eigenvalue weighted by Gasteiger charge is -2.30. The molecule has 0 saturated carbocycles. The Kier molecular flexibility index (Phi) is 6.06. The van der Waals surface area contributed by atoms with Crippen LogP contribution in [0.3, 0.4) is 0 Å². The highest BCUT2D eigenvalue weighted by atomic mass is 79.9. The number of carbonyl (C=O) groups is 2. The fourth-order valence-electron chi connectivity index (χ4n) is 4.16. The van der Waals surface area contributed by atoms with E-state index in [2.05, 4.69) is 40.4 Å². The summed E-state index contributed by atoms with van der Waals surface area (Å²) in [4.78, 5) is 23.9. The van der Waals surface area contributed by atoms with Crippen LogP contribution in [0, 0.1) is 5.41 Å². The SMILES string of the molecule is CC1(C)CC(=O)c2c(n(CCCCCCC(=O)NO)c3c(Br)cccc23)C1. The van der Waals surface area contributed by atoms with Gasteiger partial charge in [0.25, 0.3) is 0 Å². The van der Waals surface area contributed by atoms with Gasteiger partial charge in [0.15, 0.2) is 5.78 Å². The number of benzene rings is 1. The van der Waals surface area contributed by atoms with Gasteiger partial charge in [-0.15, -0.1) is 0 Å². The van der Waals surface area contributed by atoms with Crippen molar-refractivity contribution in [2.75, 3.05) is 0 Å². The summed E-state index contributed by atoms with van der Waals surface area (Å²) in [7, 11) is 0. The minimum Gasteiger partial charge on any atom is -0.343 e. The van der Waals surface area contributed by atoms with Crippen molar-refractivity contribution >= 4 is 38.5 Å². The Balaban J connectivity index is 1.81. The Hall–Kier alpha value is -1.66. The van der Waals surface area contributed by atoms with Crippen molar-refractivity contribution in [3.63, 3.8) is 0 Å². The van der Waals surface area contributed by atoms with Crippen LogP contribution in [-0.4, -0.2) is 21.5 Å². The molecule has 1 heterocycles. The number of ketones is 1. The molecule has 0 spiro atoms. The van der Waals surface area contributed by atoms with Gasteiger partial charge in [0.1, 0.15) is 0 Å². The number of aromatic nitrogens is 1. The van der Waals surface area contributed by atoms with Crippen molar-refractivity contribution in [2.45, 2.75) is 65.3 Å². The van der Waals surface area contributed by atoms with Crippen LogP contribution in [0.1, 0.15) is 68.4 Å². The summed E-state index contributed by atoms with van der Waals surface area (Å²) in [5.41, 5.74) is 4.85. The topological polar surface area (TPSA) is 71.3 Å². The van der Waals surface area contributed by atoms with E-state index in [0.717, 1.165) is 65.3 Å². The van der Waals surface area contributed by atoms with E-state index in [1.54, 1.807) is 5.48 Å². The quantitative estimate of drug-likeness (QED) is 0.365. The van der Waals surface area contributed by atoms with E-state index < -0.39 is 0 Å². The third-order valence-corrected chi connectivity index (χ3v) is 6.00. The Morgan fingerprint density at radius 3 is 2.70 bits per heavy atom. The summed E-state index contributed by atoms with van der Waals surface area (Å²) in [6, 6.07) is 6.09. The lowest BCUT2D eigenvalue weighted by Crippen LogP contribution is -2.28. The predicted molar refractivity (Wildman–Crippen MR) is 109 cm³/mol. The zero-order valence-corrected chi connectivity index (χ0v) is 17.6. The largest absolute Gasteiger partial charge is 0.343 e. The minimum atomic E-state index is -0.329. The van der Waals surface area contributed by atoms with Gasteiger partial charge in [-0.25, -0.2) is 5.48 Å². The third-order valence-electron chi connectivity index (χ3n) is 5.36. The van der Waals surface area contributed by atoms with Crippen molar-refractivity contribution in [1.82, 2.24) is 10.0 Å². The van der Waals surface area contributed by atoms with Crippen molar-refractivity contribution in [3.05, 3.63) is 33.9 Å². The van der Waals surface area contributed by atoms with Gasteiger partial charge in [-0.1, -0.05) is 38.8 Å². The smallest absolute Gasteiger partial charge is 0.243 e. The average molecular weight is 435 g/mol. The molecule has 2 N–H and O–H groups in total. The maximum atomic E-state index is 12.9. The maximum absolute atomic E-state index is 12.9. The first-order valence-electron chi connectivity index (χ1n) is 9.60. The van der Waals surface area contributed by atoms with E-state index in [1.165, 1.54) is 0 Å². The first-order chi connectivity index (χ1) is 12.8. The van der Waals surface area contributed by atoms with Crippen molar-refractivity contribution in [3.8, 4) is 0 Å². The number of fused-ring (bicyclic) bond motifs is 3. The Labute approximate surface area is 168 Å². The molecule has 27 heavy (non-hydrogen) atoms. The molecule has 0 radical (unpaired) electrons. The standard InChI is InChI=1S/C21H27BrN2O3/c1-21(2)12-16-19(17(25)13-21)14-8-7-9-15(22)20(14)24(16)11-6-4-3-5-10-18(26)23-27/h7-9,27H,3-6,10-13H2,1-2H3,(H,23,26). The molecular weight excluding hydrogens is 408 g/mol. The fourth-order valence-corrected chi connectivity index (χ4v) is 4.74. The van der Waals surface area contributed by atoms with Crippen LogP contribution in [0.4, 0.5) is 0 Å². The Morgan fingerprint density at radius 1 is 1.22 bits per heavy atom. The predicted octanol–water partition coefficient (Wildman–Crippen LogP) is 5.01. The number of hydroxylamine groups is 1. The molecule has 0 fully saturated rings. The van der Waals surface area contributed by atoms with Crippen LogP contribution in [0.2, 0.25) is 0 Å². The number of aryl methyl sites for hydroxylation is 1. The highest BCUT2D eigenvalue weighted by Crippen LogP contribution is 2.41. The molecule has 1 aromatic heterocycles. The molecule has 1 amide bonds. The molecule has 0 atom stereocenters. The number of halogens is 1. The van der Waals surface area contributed by atoms with Crippen molar-refractivity contribution in [1.29, 1.82) is 0 Å². The second-order valence-electron chi connectivity index (χ2n) is 8.25. The van der Waals surface area contributed by atoms with Gasteiger partial charge in [0.05, 0.1) is 5.52 Å². The molecule has 1 aliphatic rings. The number of amides is 1. The van der Waals surface area contributed by atoms with E-state index >= 15 is 0 Å². The first-order valence-corrected chi connectivity index (χ1v) is 10.4. The summed E-state index contributed by atoms with van der Waals surface area (Å²) >= 11 is 3.68. The molecule has 2 aromatic rings. The van der Waals surface area contributed by atoms with E-state index in [9.17, 15) is 9.59 Å².